The molecule has 3 rings (SSSR count). The Labute approximate surface area is 131 Å². The fourth-order valence-electron chi connectivity index (χ4n) is 3.10. The lowest BCUT2D eigenvalue weighted by atomic mass is 9.91. The number of morpholine rings is 1. The van der Waals surface area contributed by atoms with E-state index in [9.17, 15) is 5.26 Å². The molecule has 1 fully saturated rings. The number of ether oxygens (including phenoxy) is 1. The van der Waals surface area contributed by atoms with Crippen LogP contribution in [-0.4, -0.2) is 30.2 Å². The first-order valence-electron chi connectivity index (χ1n) is 7.60. The molecule has 1 unspecified atom stereocenters. The minimum atomic E-state index is -0.616. The van der Waals surface area contributed by atoms with E-state index in [-0.39, 0.29) is 6.04 Å². The van der Waals surface area contributed by atoms with Gasteiger partial charge in [-0.15, -0.1) is 0 Å². The van der Waals surface area contributed by atoms with E-state index in [1.165, 1.54) is 11.1 Å². The molecule has 0 amide bonds. The van der Waals surface area contributed by atoms with Crippen LogP contribution in [0.3, 0.4) is 0 Å². The van der Waals surface area contributed by atoms with Crippen LogP contribution in [0.15, 0.2) is 60.7 Å². The van der Waals surface area contributed by atoms with Gasteiger partial charge < -0.3 is 4.74 Å². The summed E-state index contributed by atoms with van der Waals surface area (Å²) in [5.74, 6) is 0. The molecular formula is C19H20N2O. The topological polar surface area (TPSA) is 36.3 Å². The van der Waals surface area contributed by atoms with Crippen LogP contribution >= 0.6 is 0 Å². The van der Waals surface area contributed by atoms with Gasteiger partial charge in [0.2, 0.25) is 0 Å². The molecule has 1 atom stereocenters. The van der Waals surface area contributed by atoms with E-state index in [2.05, 4.69) is 59.5 Å². The molecule has 0 aliphatic carbocycles. The maximum absolute atomic E-state index is 9.69. The minimum absolute atomic E-state index is 0.0657. The minimum Gasteiger partial charge on any atom is -0.377 e. The highest BCUT2D eigenvalue weighted by Gasteiger charge is 2.40. The van der Waals surface area contributed by atoms with Crippen molar-refractivity contribution in [1.82, 2.24) is 4.90 Å². The molecule has 1 aliphatic rings. The maximum atomic E-state index is 9.69. The molecule has 2 aromatic rings. The van der Waals surface area contributed by atoms with Gasteiger partial charge >= 0.3 is 0 Å². The Kier molecular flexibility index (Phi) is 4.24. The number of hydrogen-bond acceptors (Lipinski definition) is 3. The Bertz CT molecular complexity index is 611. The predicted octanol–water partition coefficient (Wildman–Crippen LogP) is 3.39. The third-order valence-electron chi connectivity index (χ3n) is 4.28. The molecule has 0 saturated carbocycles. The number of hydrogen-bond donors (Lipinski definition) is 0. The third kappa shape index (κ3) is 2.76. The van der Waals surface area contributed by atoms with Crippen LogP contribution in [0.2, 0.25) is 0 Å². The highest BCUT2D eigenvalue weighted by molar-refractivity contribution is 5.33. The van der Waals surface area contributed by atoms with Crippen LogP contribution in [0.25, 0.3) is 0 Å². The highest BCUT2D eigenvalue weighted by atomic mass is 16.5. The molecule has 3 heteroatoms. The first kappa shape index (κ1) is 14.8. The Morgan fingerprint density at radius 1 is 1.05 bits per heavy atom. The summed E-state index contributed by atoms with van der Waals surface area (Å²) < 4.78 is 5.56. The third-order valence-corrected chi connectivity index (χ3v) is 4.28. The Morgan fingerprint density at radius 3 is 2.09 bits per heavy atom. The smallest absolute Gasteiger partial charge is 0.130 e. The first-order valence-corrected chi connectivity index (χ1v) is 7.60. The second-order valence-electron chi connectivity index (χ2n) is 5.86. The van der Waals surface area contributed by atoms with Crippen LogP contribution in [0, 0.1) is 11.3 Å². The number of benzene rings is 2. The summed E-state index contributed by atoms with van der Waals surface area (Å²) in [6.45, 7) is 3.82. The Balaban J connectivity index is 2.08. The lowest BCUT2D eigenvalue weighted by Crippen LogP contribution is -2.55. The quantitative estimate of drug-likeness (QED) is 0.870. The van der Waals surface area contributed by atoms with Crippen LogP contribution in [-0.2, 0) is 4.74 Å². The van der Waals surface area contributed by atoms with Crippen LogP contribution in [0.4, 0.5) is 0 Å². The average Bonchev–Trinajstić information content (AvgIpc) is 2.59. The van der Waals surface area contributed by atoms with Crippen molar-refractivity contribution in [3.05, 3.63) is 71.8 Å². The van der Waals surface area contributed by atoms with Crippen molar-refractivity contribution in [2.24, 2.45) is 0 Å². The molecule has 1 heterocycles. The SMILES string of the molecule is CC1(C#N)COCCN1C(c1ccccc1)c1ccccc1. The number of nitrogens with zero attached hydrogens (tertiary/aromatic N) is 2. The second-order valence-corrected chi connectivity index (χ2v) is 5.86. The van der Waals surface area contributed by atoms with E-state index in [0.29, 0.717) is 13.2 Å². The summed E-state index contributed by atoms with van der Waals surface area (Å²) in [5.41, 5.74) is 1.79. The van der Waals surface area contributed by atoms with Gasteiger partial charge in [-0.2, -0.15) is 5.26 Å². The molecule has 2 aromatic carbocycles. The van der Waals surface area contributed by atoms with Gasteiger partial charge in [0.05, 0.1) is 25.3 Å². The van der Waals surface area contributed by atoms with Crippen molar-refractivity contribution in [2.75, 3.05) is 19.8 Å². The molecule has 0 bridgehead atoms. The summed E-state index contributed by atoms with van der Waals surface area (Å²) in [5, 5.41) is 9.69. The molecule has 22 heavy (non-hydrogen) atoms. The predicted molar refractivity (Wildman–Crippen MR) is 86.3 cm³/mol. The maximum Gasteiger partial charge on any atom is 0.130 e. The molecule has 1 aliphatic heterocycles. The van der Waals surface area contributed by atoms with Gasteiger partial charge in [0.1, 0.15) is 5.54 Å². The summed E-state index contributed by atoms with van der Waals surface area (Å²) in [6.07, 6.45) is 0. The average molecular weight is 292 g/mol. The van der Waals surface area contributed by atoms with E-state index in [1.54, 1.807) is 0 Å². The zero-order valence-corrected chi connectivity index (χ0v) is 12.8. The van der Waals surface area contributed by atoms with Crippen molar-refractivity contribution in [1.29, 1.82) is 5.26 Å². The zero-order valence-electron chi connectivity index (χ0n) is 12.8. The fraction of sp³-hybridized carbons (Fsp3) is 0.316. The van der Waals surface area contributed by atoms with E-state index in [4.69, 9.17) is 4.74 Å². The second kappa shape index (κ2) is 6.31. The van der Waals surface area contributed by atoms with Gasteiger partial charge in [-0.05, 0) is 18.1 Å². The summed E-state index contributed by atoms with van der Waals surface area (Å²) in [4.78, 5) is 2.27. The van der Waals surface area contributed by atoms with Crippen LogP contribution in [0.1, 0.15) is 24.1 Å². The summed E-state index contributed by atoms with van der Waals surface area (Å²) >= 11 is 0. The van der Waals surface area contributed by atoms with Gasteiger partial charge in [-0.1, -0.05) is 60.7 Å². The van der Waals surface area contributed by atoms with E-state index < -0.39 is 5.54 Å². The molecule has 112 valence electrons. The standard InChI is InChI=1S/C19H20N2O/c1-19(14-20)15-22-13-12-21(19)18(16-8-4-2-5-9-16)17-10-6-3-7-11-17/h2-11,18H,12-13,15H2,1H3. The number of rotatable bonds is 3. The van der Waals surface area contributed by atoms with Gasteiger partial charge in [-0.3, -0.25) is 4.90 Å². The van der Waals surface area contributed by atoms with Crippen LogP contribution in [0.5, 0.6) is 0 Å². The van der Waals surface area contributed by atoms with Crippen molar-refractivity contribution >= 4 is 0 Å². The van der Waals surface area contributed by atoms with Gasteiger partial charge in [-0.25, -0.2) is 0 Å². The number of nitriles is 1. The molecule has 1 saturated heterocycles. The monoisotopic (exact) mass is 292 g/mol. The van der Waals surface area contributed by atoms with Crippen LogP contribution < -0.4 is 0 Å². The van der Waals surface area contributed by atoms with Crippen molar-refractivity contribution in [3.8, 4) is 6.07 Å². The van der Waals surface area contributed by atoms with Gasteiger partial charge in [0.25, 0.3) is 0 Å². The van der Waals surface area contributed by atoms with E-state index in [1.807, 2.05) is 19.1 Å². The van der Waals surface area contributed by atoms with Crippen molar-refractivity contribution in [2.45, 2.75) is 18.5 Å². The van der Waals surface area contributed by atoms with Crippen molar-refractivity contribution in [3.63, 3.8) is 0 Å². The van der Waals surface area contributed by atoms with Crippen molar-refractivity contribution < 1.29 is 4.74 Å². The molecule has 0 N–H and O–H groups in total. The zero-order chi connectivity index (χ0) is 15.4. The van der Waals surface area contributed by atoms with E-state index >= 15 is 0 Å². The molecule has 0 aromatic heterocycles. The van der Waals surface area contributed by atoms with Gasteiger partial charge in [0.15, 0.2) is 0 Å². The molecule has 0 spiro atoms. The van der Waals surface area contributed by atoms with Gasteiger partial charge in [0, 0.05) is 6.54 Å². The highest BCUT2D eigenvalue weighted by Crippen LogP contribution is 2.35. The largest absolute Gasteiger partial charge is 0.377 e. The Morgan fingerprint density at radius 2 is 1.59 bits per heavy atom. The first-order chi connectivity index (χ1) is 10.7. The summed E-state index contributed by atoms with van der Waals surface area (Å²) in [6, 6.07) is 23.3. The lowest BCUT2D eigenvalue weighted by molar-refractivity contribution is -0.0477. The molecular weight excluding hydrogens is 272 g/mol. The molecule has 3 nitrogen and oxygen atoms in total. The summed E-state index contributed by atoms with van der Waals surface area (Å²) in [7, 11) is 0. The van der Waals surface area contributed by atoms with E-state index in [0.717, 1.165) is 6.54 Å². The molecule has 0 radical (unpaired) electrons. The fourth-order valence-corrected chi connectivity index (χ4v) is 3.10. The Hall–Kier alpha value is -2.15. The lowest BCUT2D eigenvalue weighted by Gasteiger charge is -2.44. The normalized spacial score (nSPS) is 22.4.